The molecular weight excluding hydrogens is 596 g/mol. The van der Waals surface area contributed by atoms with Crippen molar-refractivity contribution in [3.8, 4) is 48.6 Å². The number of nitriles is 8. The second kappa shape index (κ2) is 11.2. The fraction of sp³-hybridized carbons (Fsp3) is 0. The van der Waals surface area contributed by atoms with Crippen LogP contribution in [0.4, 0.5) is 17.6 Å². The lowest BCUT2D eigenvalue weighted by Crippen LogP contribution is -2.05. The van der Waals surface area contributed by atoms with Gasteiger partial charge in [0.15, 0.2) is 11.7 Å². The molecule has 0 atom stereocenters. The molecule has 0 heterocycles. The summed E-state index contributed by atoms with van der Waals surface area (Å²) in [4.78, 5) is 0. The molecule has 0 aliphatic heterocycles. The Hall–Kier alpha value is -7.74. The molecule has 0 saturated carbocycles. The molecule has 2 aliphatic rings. The Bertz CT molecular complexity index is 2260. The number of nitrogens with zero attached hydrogens (tertiary/aromatic N) is 8. The van der Waals surface area contributed by atoms with Gasteiger partial charge in [0.05, 0.1) is 68.8 Å². The number of hydrogen-bond acceptors (Lipinski definition) is 8. The van der Waals surface area contributed by atoms with Crippen LogP contribution < -0.4 is 0 Å². The zero-order valence-corrected chi connectivity index (χ0v) is 22.6. The van der Waals surface area contributed by atoms with Crippen LogP contribution in [-0.4, -0.2) is 0 Å². The Morgan fingerprint density at radius 2 is 0.717 bits per heavy atom. The molecule has 0 N–H and O–H groups in total. The molecule has 2 aliphatic carbocycles. The van der Waals surface area contributed by atoms with Crippen LogP contribution in [0.1, 0.15) is 55.6 Å². The zero-order valence-electron chi connectivity index (χ0n) is 22.6. The third kappa shape index (κ3) is 4.15. The lowest BCUT2D eigenvalue weighted by Gasteiger charge is -2.15. The van der Waals surface area contributed by atoms with Gasteiger partial charge in [-0.25, -0.2) is 17.6 Å². The average Bonchev–Trinajstić information content (AvgIpc) is 3.54. The number of fused-ring (bicyclic) bond motifs is 2. The van der Waals surface area contributed by atoms with E-state index in [-0.39, 0.29) is 33.4 Å². The lowest BCUT2D eigenvalue weighted by molar-refractivity contribution is 0.590. The summed E-state index contributed by atoms with van der Waals surface area (Å²) in [6.45, 7) is 0. The van der Waals surface area contributed by atoms with Crippen molar-refractivity contribution < 1.29 is 17.6 Å². The average molecular weight is 602 g/mol. The minimum absolute atomic E-state index is 0.142. The van der Waals surface area contributed by atoms with Gasteiger partial charge in [0, 0.05) is 33.4 Å². The van der Waals surface area contributed by atoms with Gasteiger partial charge in [-0.05, 0) is 47.5 Å². The van der Waals surface area contributed by atoms with E-state index in [9.17, 15) is 42.1 Å². The molecule has 0 amide bonds. The van der Waals surface area contributed by atoms with E-state index in [2.05, 4.69) is 0 Å². The predicted octanol–water partition coefficient (Wildman–Crippen LogP) is 6.76. The first-order valence-electron chi connectivity index (χ1n) is 12.5. The summed E-state index contributed by atoms with van der Waals surface area (Å²) < 4.78 is 65.2. The molecule has 0 aromatic heterocycles. The van der Waals surface area contributed by atoms with Crippen molar-refractivity contribution in [2.24, 2.45) is 0 Å². The van der Waals surface area contributed by atoms with Gasteiger partial charge in [-0.2, -0.15) is 42.1 Å². The summed E-state index contributed by atoms with van der Waals surface area (Å²) in [6, 6.07) is 19.8. The monoisotopic (exact) mass is 602 g/mol. The summed E-state index contributed by atoms with van der Waals surface area (Å²) >= 11 is 0. The molecule has 0 saturated heterocycles. The third-order valence-electron chi connectivity index (χ3n) is 7.16. The van der Waals surface area contributed by atoms with E-state index in [1.807, 2.05) is 0 Å². The maximum Gasteiger partial charge on any atom is 0.150 e. The molecule has 5 rings (SSSR count). The zero-order chi connectivity index (χ0) is 33.4. The van der Waals surface area contributed by atoms with Crippen molar-refractivity contribution in [1.82, 2.24) is 0 Å². The van der Waals surface area contributed by atoms with Crippen LogP contribution in [0.25, 0.3) is 33.4 Å². The van der Waals surface area contributed by atoms with Crippen LogP contribution in [0.5, 0.6) is 0 Å². The number of halogens is 4. The molecule has 0 unspecified atom stereocenters. The topological polar surface area (TPSA) is 190 Å². The largest absolute Gasteiger partial charge is 0.206 e. The Labute approximate surface area is 256 Å². The van der Waals surface area contributed by atoms with Crippen LogP contribution in [0, 0.1) is 102 Å². The normalized spacial score (nSPS) is 14.7. The quantitative estimate of drug-likeness (QED) is 0.227. The second-order valence-electron chi connectivity index (χ2n) is 9.50. The SMILES string of the molecule is N#CC1=C(F)/C(=C(/C#N)c2cc(C#N)cc(C#N)c2)c2c(F)c3c(c(F)c21)C(C#N)=C(F)/C3=C(/C#N)c1cc(C#N)cc(C#N)c1. The van der Waals surface area contributed by atoms with E-state index >= 15 is 17.6 Å². The van der Waals surface area contributed by atoms with E-state index in [0.717, 1.165) is 36.4 Å². The van der Waals surface area contributed by atoms with Gasteiger partial charge in [0.25, 0.3) is 0 Å². The van der Waals surface area contributed by atoms with Crippen molar-refractivity contribution in [3.63, 3.8) is 0 Å². The molecular formula is C34H6F4N8. The number of rotatable bonds is 2. The molecule has 3 aromatic rings. The number of allylic oxidation sites excluding steroid dienone is 8. The van der Waals surface area contributed by atoms with Gasteiger partial charge in [-0.3, -0.25) is 0 Å². The van der Waals surface area contributed by atoms with Crippen LogP contribution in [0.3, 0.4) is 0 Å². The fourth-order valence-corrected chi connectivity index (χ4v) is 5.33. The standard InChI is InChI=1S/C34H6F4N8/c35-31-23(13-45)27-29(25(31)21(11-43)19-3-15(7-39)1-16(4-19)8-40)34(38)30-26(32(36)24(14-46)28(30)33(27)37)22(12-44)20-5-17(9-41)2-18(6-20)10-42/h1-6H/b25-21-,26-22-. The molecule has 8 nitrogen and oxygen atoms in total. The van der Waals surface area contributed by atoms with Crippen molar-refractivity contribution in [1.29, 1.82) is 42.1 Å². The van der Waals surface area contributed by atoms with Gasteiger partial charge in [0.2, 0.25) is 0 Å². The highest BCUT2D eigenvalue weighted by Gasteiger charge is 2.44. The molecule has 3 aromatic carbocycles. The second-order valence-corrected chi connectivity index (χ2v) is 9.50. The Balaban J connectivity index is 1.99. The number of hydrogen-bond donors (Lipinski definition) is 0. The van der Waals surface area contributed by atoms with Crippen LogP contribution in [0.2, 0.25) is 0 Å². The highest BCUT2D eigenvalue weighted by molar-refractivity contribution is 6.18. The van der Waals surface area contributed by atoms with Gasteiger partial charge >= 0.3 is 0 Å². The summed E-state index contributed by atoms with van der Waals surface area (Å²) in [6.07, 6.45) is 0. The third-order valence-corrected chi connectivity index (χ3v) is 7.16. The Morgan fingerprint density at radius 3 is 0.978 bits per heavy atom. The smallest absolute Gasteiger partial charge is 0.150 e. The van der Waals surface area contributed by atoms with E-state index in [4.69, 9.17) is 0 Å². The van der Waals surface area contributed by atoms with Crippen molar-refractivity contribution in [2.75, 3.05) is 0 Å². The maximum absolute atomic E-state index is 16.9. The van der Waals surface area contributed by atoms with E-state index < -0.39 is 79.0 Å². The van der Waals surface area contributed by atoms with Gasteiger partial charge in [-0.1, -0.05) is 0 Å². The van der Waals surface area contributed by atoms with Crippen LogP contribution >= 0.6 is 0 Å². The molecule has 0 radical (unpaired) electrons. The summed E-state index contributed by atoms with van der Waals surface area (Å²) in [5, 5.41) is 77.3. The molecule has 12 heteroatoms. The first kappa shape index (κ1) is 29.7. The van der Waals surface area contributed by atoms with Crippen molar-refractivity contribution in [3.05, 3.63) is 115 Å². The fourth-order valence-electron chi connectivity index (χ4n) is 5.33. The highest BCUT2D eigenvalue weighted by Crippen LogP contribution is 2.55. The van der Waals surface area contributed by atoms with Gasteiger partial charge in [0.1, 0.15) is 35.9 Å². The van der Waals surface area contributed by atoms with Crippen molar-refractivity contribution in [2.45, 2.75) is 0 Å². The Morgan fingerprint density at radius 1 is 0.413 bits per heavy atom. The van der Waals surface area contributed by atoms with Crippen molar-refractivity contribution >= 4 is 33.4 Å². The Kier molecular flexibility index (Phi) is 7.21. The highest BCUT2D eigenvalue weighted by atomic mass is 19.1. The van der Waals surface area contributed by atoms with Gasteiger partial charge in [-0.15, -0.1) is 0 Å². The first-order valence-corrected chi connectivity index (χ1v) is 12.5. The van der Waals surface area contributed by atoms with Crippen LogP contribution in [0.15, 0.2) is 48.1 Å². The van der Waals surface area contributed by atoms with E-state index in [1.165, 1.54) is 12.1 Å². The van der Waals surface area contributed by atoms with Crippen LogP contribution in [-0.2, 0) is 0 Å². The molecule has 0 spiro atoms. The minimum Gasteiger partial charge on any atom is -0.206 e. The number of benzene rings is 3. The summed E-state index contributed by atoms with van der Waals surface area (Å²) in [5.41, 5.74) is -10.6. The summed E-state index contributed by atoms with van der Waals surface area (Å²) in [5.74, 6) is -6.31. The molecule has 46 heavy (non-hydrogen) atoms. The van der Waals surface area contributed by atoms with Gasteiger partial charge < -0.3 is 0 Å². The molecule has 0 fully saturated rings. The first-order chi connectivity index (χ1) is 22.1. The minimum atomic E-state index is -1.61. The molecule has 210 valence electrons. The summed E-state index contributed by atoms with van der Waals surface area (Å²) in [7, 11) is 0. The molecule has 0 bridgehead atoms. The predicted molar refractivity (Wildman–Crippen MR) is 150 cm³/mol. The lowest BCUT2D eigenvalue weighted by atomic mass is 9.88. The van der Waals surface area contributed by atoms with E-state index in [1.54, 1.807) is 36.4 Å². The van der Waals surface area contributed by atoms with E-state index in [0.29, 0.717) is 0 Å². The maximum atomic E-state index is 16.9.